The van der Waals surface area contributed by atoms with Crippen LogP contribution in [0.4, 0.5) is 0 Å². The molecule has 2 aromatic carbocycles. The van der Waals surface area contributed by atoms with Crippen LogP contribution in [0.1, 0.15) is 56.3 Å². The molecular formula is C21H24O6. The lowest BCUT2D eigenvalue weighted by Gasteiger charge is -2.14. The van der Waals surface area contributed by atoms with Crippen LogP contribution in [0.5, 0.6) is 0 Å². The molecule has 0 amide bonds. The molecule has 0 radical (unpaired) electrons. The topological polar surface area (TPSA) is 71.1 Å². The number of hydrogen-bond acceptors (Lipinski definition) is 6. The second kappa shape index (κ2) is 9.30. The van der Waals surface area contributed by atoms with Crippen molar-refractivity contribution in [2.24, 2.45) is 0 Å². The molecule has 0 aromatic heterocycles. The van der Waals surface area contributed by atoms with Crippen molar-refractivity contribution in [3.8, 4) is 0 Å². The van der Waals surface area contributed by atoms with Gasteiger partial charge in [0.25, 0.3) is 0 Å². The van der Waals surface area contributed by atoms with Crippen LogP contribution in [0.25, 0.3) is 0 Å². The number of carbonyl (C=O) groups is 2. The van der Waals surface area contributed by atoms with Crippen LogP contribution in [0.3, 0.4) is 0 Å². The third kappa shape index (κ3) is 5.64. The fourth-order valence-corrected chi connectivity index (χ4v) is 2.52. The molecule has 2 rings (SSSR count). The van der Waals surface area contributed by atoms with E-state index in [4.69, 9.17) is 19.6 Å². The lowest BCUT2D eigenvalue weighted by atomic mass is 10.1. The zero-order chi connectivity index (χ0) is 20.0. The van der Waals surface area contributed by atoms with E-state index in [0.717, 1.165) is 22.3 Å². The smallest absolute Gasteiger partial charge is 0.290 e. The summed E-state index contributed by atoms with van der Waals surface area (Å²) in [5.74, 6) is -1.29. The maximum absolute atomic E-state index is 12.1. The van der Waals surface area contributed by atoms with Gasteiger partial charge in [0.2, 0.25) is 6.29 Å². The molecule has 0 aliphatic heterocycles. The monoisotopic (exact) mass is 372 g/mol. The van der Waals surface area contributed by atoms with Crippen LogP contribution in [0.2, 0.25) is 0 Å². The van der Waals surface area contributed by atoms with Gasteiger partial charge in [0.15, 0.2) is 0 Å². The van der Waals surface area contributed by atoms with Gasteiger partial charge in [-0.2, -0.15) is 0 Å². The zero-order valence-corrected chi connectivity index (χ0v) is 16.2. The SMILES string of the molecule is CCC(OOC(=O)c1ccc(C)cc1C)OOC(=O)c1ccc(C)cc1C. The number of carbonyl (C=O) groups excluding carboxylic acids is 2. The molecule has 0 bridgehead atoms. The van der Waals surface area contributed by atoms with Crippen LogP contribution in [0.15, 0.2) is 36.4 Å². The molecule has 0 saturated carbocycles. The molecule has 27 heavy (non-hydrogen) atoms. The van der Waals surface area contributed by atoms with Gasteiger partial charge in [-0.1, -0.05) is 42.3 Å². The van der Waals surface area contributed by atoms with Crippen LogP contribution >= 0.6 is 0 Å². The highest BCUT2D eigenvalue weighted by atomic mass is 17.3. The Morgan fingerprint density at radius 3 is 1.52 bits per heavy atom. The first-order chi connectivity index (χ1) is 12.8. The average molecular weight is 372 g/mol. The molecule has 0 fully saturated rings. The zero-order valence-electron chi connectivity index (χ0n) is 16.2. The fraction of sp³-hybridized carbons (Fsp3) is 0.333. The van der Waals surface area contributed by atoms with E-state index in [-0.39, 0.29) is 0 Å². The van der Waals surface area contributed by atoms with Gasteiger partial charge in [0, 0.05) is 6.42 Å². The van der Waals surface area contributed by atoms with Gasteiger partial charge in [-0.3, -0.25) is 9.78 Å². The quantitative estimate of drug-likeness (QED) is 0.404. The normalized spacial score (nSPS) is 10.7. The maximum atomic E-state index is 12.1. The minimum atomic E-state index is -1.03. The van der Waals surface area contributed by atoms with Crippen molar-refractivity contribution in [3.05, 3.63) is 69.8 Å². The van der Waals surface area contributed by atoms with Crippen molar-refractivity contribution in [1.29, 1.82) is 0 Å². The Balaban J connectivity index is 1.89. The fourth-order valence-electron chi connectivity index (χ4n) is 2.52. The van der Waals surface area contributed by atoms with Crippen molar-refractivity contribution in [3.63, 3.8) is 0 Å². The van der Waals surface area contributed by atoms with Crippen molar-refractivity contribution in [2.45, 2.75) is 47.3 Å². The Kier molecular flexibility index (Phi) is 7.10. The van der Waals surface area contributed by atoms with E-state index >= 15 is 0 Å². The van der Waals surface area contributed by atoms with Crippen LogP contribution in [0, 0.1) is 27.7 Å². The Morgan fingerprint density at radius 1 is 0.778 bits per heavy atom. The highest BCUT2D eigenvalue weighted by molar-refractivity contribution is 5.91. The summed E-state index contributed by atoms with van der Waals surface area (Å²) in [6, 6.07) is 10.7. The third-order valence-electron chi connectivity index (χ3n) is 4.00. The van der Waals surface area contributed by atoms with E-state index in [1.807, 2.05) is 52.0 Å². The number of benzene rings is 2. The first kappa shape index (κ1) is 20.6. The molecule has 144 valence electrons. The standard InChI is InChI=1S/C21H24O6/c1-6-19(24-26-20(22)17-9-7-13(2)11-15(17)4)25-27-21(23)18-10-8-14(3)12-16(18)5/h7-12,19H,6H2,1-5H3. The Labute approximate surface area is 158 Å². The lowest BCUT2D eigenvalue weighted by molar-refractivity contribution is -0.420. The summed E-state index contributed by atoms with van der Waals surface area (Å²) < 4.78 is 0. The van der Waals surface area contributed by atoms with Gasteiger partial charge in [-0.25, -0.2) is 9.59 Å². The van der Waals surface area contributed by atoms with Crippen molar-refractivity contribution in [2.75, 3.05) is 0 Å². The van der Waals surface area contributed by atoms with Gasteiger partial charge < -0.3 is 0 Å². The van der Waals surface area contributed by atoms with E-state index in [1.54, 1.807) is 19.1 Å². The molecule has 0 atom stereocenters. The Hall–Kier alpha value is -2.70. The summed E-state index contributed by atoms with van der Waals surface area (Å²) >= 11 is 0. The largest absolute Gasteiger partial charge is 0.373 e. The van der Waals surface area contributed by atoms with E-state index in [9.17, 15) is 9.59 Å². The van der Waals surface area contributed by atoms with Gasteiger partial charge in [-0.05, 0) is 51.0 Å². The molecule has 0 N–H and O–H groups in total. The average Bonchev–Trinajstić information content (AvgIpc) is 2.61. The van der Waals surface area contributed by atoms with Crippen LogP contribution in [-0.4, -0.2) is 18.2 Å². The minimum absolute atomic E-state index is 0.306. The lowest BCUT2D eigenvalue weighted by Crippen LogP contribution is -2.22. The van der Waals surface area contributed by atoms with E-state index in [0.29, 0.717) is 17.5 Å². The predicted octanol–water partition coefficient (Wildman–Crippen LogP) is 4.53. The highest BCUT2D eigenvalue weighted by Crippen LogP contribution is 2.15. The number of rotatable bonds is 7. The first-order valence-corrected chi connectivity index (χ1v) is 8.71. The summed E-state index contributed by atoms with van der Waals surface area (Å²) in [6.45, 7) is 9.22. The van der Waals surface area contributed by atoms with E-state index < -0.39 is 18.2 Å². The molecule has 0 aliphatic rings. The molecule has 0 heterocycles. The summed E-state index contributed by atoms with van der Waals surface area (Å²) in [4.78, 5) is 43.9. The van der Waals surface area contributed by atoms with Gasteiger partial charge in [0.05, 0.1) is 11.1 Å². The van der Waals surface area contributed by atoms with Crippen LogP contribution in [-0.2, 0) is 19.6 Å². The van der Waals surface area contributed by atoms with Crippen molar-refractivity contribution < 1.29 is 29.1 Å². The van der Waals surface area contributed by atoms with Gasteiger partial charge >= 0.3 is 11.9 Å². The van der Waals surface area contributed by atoms with E-state index in [1.165, 1.54) is 0 Å². The minimum Gasteiger partial charge on any atom is -0.290 e. The molecule has 0 saturated heterocycles. The van der Waals surface area contributed by atoms with Gasteiger partial charge in [0.1, 0.15) is 0 Å². The molecule has 0 spiro atoms. The molecule has 2 aromatic rings. The van der Waals surface area contributed by atoms with Crippen molar-refractivity contribution >= 4 is 11.9 Å². The number of hydrogen-bond donors (Lipinski definition) is 0. The Morgan fingerprint density at radius 2 is 1.19 bits per heavy atom. The molecule has 6 nitrogen and oxygen atoms in total. The second-order valence-electron chi connectivity index (χ2n) is 6.41. The maximum Gasteiger partial charge on any atom is 0.373 e. The van der Waals surface area contributed by atoms with E-state index in [2.05, 4.69) is 0 Å². The number of aryl methyl sites for hydroxylation is 4. The molecular weight excluding hydrogens is 348 g/mol. The summed E-state index contributed by atoms with van der Waals surface area (Å²) in [5.41, 5.74) is 4.42. The highest BCUT2D eigenvalue weighted by Gasteiger charge is 2.19. The van der Waals surface area contributed by atoms with Gasteiger partial charge in [-0.15, -0.1) is 9.78 Å². The second-order valence-corrected chi connectivity index (χ2v) is 6.41. The Bertz CT molecular complexity index is 760. The third-order valence-corrected chi connectivity index (χ3v) is 4.00. The molecule has 0 aliphatic carbocycles. The predicted molar refractivity (Wildman–Crippen MR) is 98.9 cm³/mol. The molecule has 0 unspecified atom stereocenters. The summed E-state index contributed by atoms with van der Waals surface area (Å²) in [7, 11) is 0. The van der Waals surface area contributed by atoms with Crippen LogP contribution < -0.4 is 0 Å². The summed E-state index contributed by atoms with van der Waals surface area (Å²) in [5, 5.41) is 0. The summed E-state index contributed by atoms with van der Waals surface area (Å²) in [6.07, 6.45) is -0.727. The molecule has 6 heteroatoms. The first-order valence-electron chi connectivity index (χ1n) is 8.71. The van der Waals surface area contributed by atoms with Crippen molar-refractivity contribution in [1.82, 2.24) is 0 Å².